The second-order valence-electron chi connectivity index (χ2n) is 6.13. The molecule has 2 N–H and O–H groups in total. The molecule has 0 radical (unpaired) electrons. The third kappa shape index (κ3) is 2.83. The van der Waals surface area contributed by atoms with Gasteiger partial charge in [-0.05, 0) is 45.5 Å². The lowest BCUT2D eigenvalue weighted by atomic mass is 9.98. The molecule has 1 fully saturated rings. The number of rotatable bonds is 1. The van der Waals surface area contributed by atoms with Gasteiger partial charge in [-0.1, -0.05) is 15.9 Å². The summed E-state index contributed by atoms with van der Waals surface area (Å²) < 4.78 is 0.845. The van der Waals surface area contributed by atoms with Gasteiger partial charge in [-0.2, -0.15) is 0 Å². The van der Waals surface area contributed by atoms with Crippen LogP contribution in [0.25, 0.3) is 0 Å². The van der Waals surface area contributed by atoms with Crippen molar-refractivity contribution in [1.29, 1.82) is 0 Å². The smallest absolute Gasteiger partial charge is 0.254 e. The Morgan fingerprint density at radius 2 is 2.00 bits per heavy atom. The fourth-order valence-electron chi connectivity index (χ4n) is 2.51. The quantitative estimate of drug-likeness (QED) is 0.799. The number of piperazine rings is 1. The Hall–Kier alpha value is -1.07. The van der Waals surface area contributed by atoms with E-state index in [9.17, 15) is 4.79 Å². The van der Waals surface area contributed by atoms with Gasteiger partial charge in [0.1, 0.15) is 0 Å². The van der Waals surface area contributed by atoms with Crippen LogP contribution in [0.3, 0.4) is 0 Å². The fourth-order valence-corrected chi connectivity index (χ4v) is 2.98. The largest absolute Gasteiger partial charge is 0.398 e. The van der Waals surface area contributed by atoms with Crippen LogP contribution in [-0.2, 0) is 0 Å². The van der Waals surface area contributed by atoms with Crippen LogP contribution in [0.4, 0.5) is 5.69 Å². The van der Waals surface area contributed by atoms with Crippen molar-refractivity contribution in [1.82, 2.24) is 9.80 Å². The number of benzene rings is 1. The molecule has 1 amide bonds. The van der Waals surface area contributed by atoms with Gasteiger partial charge in [0.2, 0.25) is 0 Å². The van der Waals surface area contributed by atoms with E-state index in [-0.39, 0.29) is 11.4 Å². The van der Waals surface area contributed by atoms with Crippen LogP contribution >= 0.6 is 15.9 Å². The highest BCUT2D eigenvalue weighted by Crippen LogP contribution is 2.26. The first-order chi connectivity index (χ1) is 9.22. The number of amides is 1. The Balaban J connectivity index is 2.29. The van der Waals surface area contributed by atoms with E-state index in [1.165, 1.54) is 0 Å². The Morgan fingerprint density at radius 3 is 2.60 bits per heavy atom. The average Bonchev–Trinajstić information content (AvgIpc) is 2.36. The summed E-state index contributed by atoms with van der Waals surface area (Å²) in [5.41, 5.74) is 8.15. The van der Waals surface area contributed by atoms with Crippen LogP contribution in [0.5, 0.6) is 0 Å². The second kappa shape index (κ2) is 5.37. The minimum absolute atomic E-state index is 0.000623. The first-order valence-corrected chi connectivity index (χ1v) is 7.58. The molecule has 1 aromatic rings. The molecule has 0 atom stereocenters. The van der Waals surface area contributed by atoms with Gasteiger partial charge < -0.3 is 10.6 Å². The molecule has 0 bridgehead atoms. The predicted octanol–water partition coefficient (Wildman–Crippen LogP) is 2.51. The molecule has 0 aromatic heterocycles. The van der Waals surface area contributed by atoms with Gasteiger partial charge in [0.05, 0.1) is 0 Å². The average molecular weight is 340 g/mol. The molecule has 0 unspecified atom stereocenters. The fraction of sp³-hybridized carbons (Fsp3) is 0.533. The summed E-state index contributed by atoms with van der Waals surface area (Å²) in [5, 5.41) is 0. The molecule has 1 heterocycles. The molecule has 0 spiro atoms. The van der Waals surface area contributed by atoms with Crippen molar-refractivity contribution in [3.8, 4) is 0 Å². The van der Waals surface area contributed by atoms with Gasteiger partial charge in [-0.15, -0.1) is 0 Å². The Morgan fingerprint density at radius 1 is 1.35 bits per heavy atom. The van der Waals surface area contributed by atoms with Crippen molar-refractivity contribution < 1.29 is 4.79 Å². The van der Waals surface area contributed by atoms with E-state index in [2.05, 4.69) is 41.7 Å². The number of halogens is 1. The summed E-state index contributed by atoms with van der Waals surface area (Å²) in [6.07, 6.45) is 0. The SMILES string of the molecule is Cc1c(N)cc(Br)cc1C(=O)N1CCN(C)C(C)(C)C1. The van der Waals surface area contributed by atoms with Crippen LogP contribution in [0.2, 0.25) is 0 Å². The number of likely N-dealkylation sites (N-methyl/N-ethyl adjacent to an activating group) is 1. The third-order valence-electron chi connectivity index (χ3n) is 4.25. The van der Waals surface area contributed by atoms with Crippen molar-refractivity contribution >= 4 is 27.5 Å². The molecule has 2 rings (SSSR count). The van der Waals surface area contributed by atoms with Gasteiger partial charge in [0.25, 0.3) is 5.91 Å². The lowest BCUT2D eigenvalue weighted by Gasteiger charge is -2.45. The minimum Gasteiger partial charge on any atom is -0.398 e. The van der Waals surface area contributed by atoms with Crippen LogP contribution in [-0.4, -0.2) is 47.9 Å². The summed E-state index contributed by atoms with van der Waals surface area (Å²) in [6, 6.07) is 3.69. The summed E-state index contributed by atoms with van der Waals surface area (Å²) in [6.45, 7) is 8.60. The number of hydrogen-bond donors (Lipinski definition) is 1. The van der Waals surface area contributed by atoms with E-state index >= 15 is 0 Å². The van der Waals surface area contributed by atoms with E-state index in [0.29, 0.717) is 11.3 Å². The first-order valence-electron chi connectivity index (χ1n) is 6.78. The van der Waals surface area contributed by atoms with E-state index in [0.717, 1.165) is 29.7 Å². The third-order valence-corrected chi connectivity index (χ3v) is 4.70. The van der Waals surface area contributed by atoms with Gasteiger partial charge in [0.15, 0.2) is 0 Å². The molecule has 0 aliphatic carbocycles. The number of nitrogens with two attached hydrogens (primary N) is 1. The Labute approximate surface area is 129 Å². The van der Waals surface area contributed by atoms with E-state index < -0.39 is 0 Å². The molecule has 4 nitrogen and oxygen atoms in total. The predicted molar refractivity (Wildman–Crippen MR) is 85.9 cm³/mol. The molecule has 1 aliphatic rings. The van der Waals surface area contributed by atoms with Crippen molar-refractivity contribution in [2.24, 2.45) is 0 Å². The monoisotopic (exact) mass is 339 g/mol. The van der Waals surface area contributed by atoms with E-state index in [4.69, 9.17) is 5.73 Å². The zero-order valence-corrected chi connectivity index (χ0v) is 14.1. The zero-order chi connectivity index (χ0) is 15.1. The maximum Gasteiger partial charge on any atom is 0.254 e. The molecular formula is C15H22BrN3O. The molecule has 1 aliphatic heterocycles. The van der Waals surface area contributed by atoms with Crippen molar-refractivity contribution in [3.63, 3.8) is 0 Å². The number of nitrogen functional groups attached to an aromatic ring is 1. The van der Waals surface area contributed by atoms with Crippen LogP contribution < -0.4 is 5.73 Å². The molecule has 20 heavy (non-hydrogen) atoms. The lowest BCUT2D eigenvalue weighted by Crippen LogP contribution is -2.58. The molecular weight excluding hydrogens is 318 g/mol. The molecule has 110 valence electrons. The summed E-state index contributed by atoms with van der Waals surface area (Å²) in [7, 11) is 2.10. The Kier molecular flexibility index (Phi) is 4.12. The van der Waals surface area contributed by atoms with Gasteiger partial charge in [0, 0.05) is 40.9 Å². The van der Waals surface area contributed by atoms with Crippen molar-refractivity contribution in [3.05, 3.63) is 27.7 Å². The van der Waals surface area contributed by atoms with E-state index in [1.807, 2.05) is 24.0 Å². The number of carbonyl (C=O) groups excluding carboxylic acids is 1. The number of hydrogen-bond acceptors (Lipinski definition) is 3. The molecule has 1 aromatic carbocycles. The topological polar surface area (TPSA) is 49.6 Å². The first kappa shape index (κ1) is 15.3. The van der Waals surface area contributed by atoms with E-state index in [1.54, 1.807) is 0 Å². The molecule has 0 saturated carbocycles. The van der Waals surface area contributed by atoms with Crippen LogP contribution in [0.15, 0.2) is 16.6 Å². The van der Waals surface area contributed by atoms with Crippen LogP contribution in [0.1, 0.15) is 29.8 Å². The Bertz CT molecular complexity index is 542. The van der Waals surface area contributed by atoms with Crippen molar-refractivity contribution in [2.45, 2.75) is 26.3 Å². The highest BCUT2D eigenvalue weighted by Gasteiger charge is 2.34. The highest BCUT2D eigenvalue weighted by molar-refractivity contribution is 9.10. The number of carbonyl (C=O) groups is 1. The zero-order valence-electron chi connectivity index (χ0n) is 12.5. The maximum atomic E-state index is 12.8. The molecule has 5 heteroatoms. The maximum absolute atomic E-state index is 12.8. The summed E-state index contributed by atoms with van der Waals surface area (Å²) in [4.78, 5) is 17.0. The summed E-state index contributed by atoms with van der Waals surface area (Å²) in [5.74, 6) is 0.0664. The normalized spacial score (nSPS) is 19.1. The second-order valence-corrected chi connectivity index (χ2v) is 7.04. The van der Waals surface area contributed by atoms with Gasteiger partial charge in [-0.25, -0.2) is 0 Å². The molecule has 1 saturated heterocycles. The standard InChI is InChI=1S/C15H22BrN3O/c1-10-12(7-11(16)8-13(10)17)14(20)19-6-5-18(4)15(2,3)9-19/h7-8H,5-6,9,17H2,1-4H3. The van der Waals surface area contributed by atoms with Gasteiger partial charge >= 0.3 is 0 Å². The highest BCUT2D eigenvalue weighted by atomic mass is 79.9. The number of nitrogens with zero attached hydrogens (tertiary/aromatic N) is 2. The van der Waals surface area contributed by atoms with Crippen LogP contribution in [0, 0.1) is 6.92 Å². The lowest BCUT2D eigenvalue weighted by molar-refractivity contribution is 0.0311. The number of anilines is 1. The van der Waals surface area contributed by atoms with Crippen molar-refractivity contribution in [2.75, 3.05) is 32.4 Å². The summed E-state index contributed by atoms with van der Waals surface area (Å²) >= 11 is 3.41. The van der Waals surface area contributed by atoms with Gasteiger partial charge in [-0.3, -0.25) is 9.69 Å². The minimum atomic E-state index is -0.000623.